The summed E-state index contributed by atoms with van der Waals surface area (Å²) in [5.41, 5.74) is 2.73. The Morgan fingerprint density at radius 2 is 1.82 bits per heavy atom. The topological polar surface area (TPSA) is 69.9 Å². The van der Waals surface area contributed by atoms with E-state index in [4.69, 9.17) is 4.42 Å². The molecule has 2 aromatic rings. The molecule has 1 amide bonds. The summed E-state index contributed by atoms with van der Waals surface area (Å²) < 4.78 is 5.07. The molecule has 0 spiro atoms. The Hall–Kier alpha value is -2.29. The number of likely N-dealkylation sites (tertiary alicyclic amines) is 1. The first-order chi connectivity index (χ1) is 13.3. The van der Waals surface area contributed by atoms with Crippen LogP contribution >= 0.6 is 24.0 Å². The summed E-state index contributed by atoms with van der Waals surface area (Å²) in [5, 5.41) is 6.14. The van der Waals surface area contributed by atoms with Crippen molar-refractivity contribution >= 4 is 41.9 Å². The molecule has 1 saturated heterocycles. The number of carbonyl (C=O) groups excluding carboxylic acids is 1. The molecule has 0 atom stereocenters. The van der Waals surface area contributed by atoms with Crippen molar-refractivity contribution in [2.24, 2.45) is 4.99 Å². The molecule has 1 aliphatic heterocycles. The van der Waals surface area contributed by atoms with E-state index in [1.165, 1.54) is 17.4 Å². The minimum Gasteiger partial charge on any atom is -0.459 e. The minimum atomic E-state index is -0.203. The van der Waals surface area contributed by atoms with Crippen LogP contribution in [0.2, 0.25) is 0 Å². The summed E-state index contributed by atoms with van der Waals surface area (Å²) in [6.45, 7) is 3.00. The van der Waals surface area contributed by atoms with Gasteiger partial charge >= 0.3 is 0 Å². The second kappa shape index (κ2) is 11.5. The number of hydrogen-bond acceptors (Lipinski definition) is 3. The molecule has 2 N–H and O–H groups in total. The second-order valence-corrected chi connectivity index (χ2v) is 6.41. The maximum Gasteiger partial charge on any atom is 0.287 e. The summed E-state index contributed by atoms with van der Waals surface area (Å²) >= 11 is 0. The number of benzene rings is 1. The molecule has 2 heterocycles. The molecule has 0 saturated carbocycles. The molecule has 0 aliphatic carbocycles. The number of carbonyl (C=O) groups is 1. The quantitative estimate of drug-likeness (QED) is 0.290. The van der Waals surface area contributed by atoms with Gasteiger partial charge in [0.25, 0.3) is 5.91 Å². The average Bonchev–Trinajstić information content (AvgIpc) is 3.25. The third-order valence-corrected chi connectivity index (χ3v) is 4.53. The van der Waals surface area contributed by atoms with Gasteiger partial charge in [0.15, 0.2) is 11.7 Å². The van der Waals surface area contributed by atoms with Crippen LogP contribution in [0.25, 0.3) is 6.08 Å². The van der Waals surface area contributed by atoms with Crippen molar-refractivity contribution in [2.45, 2.75) is 12.8 Å². The number of halogens is 1. The smallest absolute Gasteiger partial charge is 0.287 e. The third kappa shape index (κ3) is 6.40. The number of amides is 1. The summed E-state index contributed by atoms with van der Waals surface area (Å²) in [6, 6.07) is 13.8. The van der Waals surface area contributed by atoms with Crippen molar-refractivity contribution in [3.8, 4) is 0 Å². The van der Waals surface area contributed by atoms with Gasteiger partial charge in [-0.2, -0.15) is 0 Å². The zero-order chi connectivity index (χ0) is 18.9. The van der Waals surface area contributed by atoms with Gasteiger partial charge in [-0.15, -0.1) is 24.0 Å². The second-order valence-electron chi connectivity index (χ2n) is 6.41. The molecule has 1 aromatic heterocycles. The van der Waals surface area contributed by atoms with E-state index in [0.29, 0.717) is 18.8 Å². The first-order valence-electron chi connectivity index (χ1n) is 9.28. The van der Waals surface area contributed by atoms with Crippen LogP contribution in [0.1, 0.15) is 29.0 Å². The molecule has 28 heavy (non-hydrogen) atoms. The van der Waals surface area contributed by atoms with Gasteiger partial charge in [0.2, 0.25) is 0 Å². The van der Waals surface area contributed by atoms with E-state index in [2.05, 4.69) is 50.9 Å². The van der Waals surface area contributed by atoms with Crippen molar-refractivity contribution in [1.29, 1.82) is 0 Å². The standard InChI is InChI=1S/C21H26N4O2.HI/c1-22-21(24-12-11-23-20(26)19-8-5-15-27-19)25-13-9-18(10-14-25)16-17-6-3-2-4-7-17;/h2-8,15-16H,9-14H2,1H3,(H,22,24)(H,23,26);1H. The van der Waals surface area contributed by atoms with Gasteiger partial charge < -0.3 is 20.0 Å². The Labute approximate surface area is 183 Å². The number of furan rings is 1. The van der Waals surface area contributed by atoms with E-state index in [1.807, 2.05) is 6.07 Å². The van der Waals surface area contributed by atoms with Gasteiger partial charge in [0, 0.05) is 33.2 Å². The lowest BCUT2D eigenvalue weighted by Gasteiger charge is -2.31. The summed E-state index contributed by atoms with van der Waals surface area (Å²) in [7, 11) is 1.79. The van der Waals surface area contributed by atoms with Crippen molar-refractivity contribution in [2.75, 3.05) is 33.2 Å². The van der Waals surface area contributed by atoms with E-state index in [1.54, 1.807) is 19.2 Å². The molecular formula is C21H27IN4O2. The third-order valence-electron chi connectivity index (χ3n) is 4.53. The molecule has 1 fully saturated rings. The van der Waals surface area contributed by atoms with Crippen LogP contribution in [-0.2, 0) is 0 Å². The minimum absolute atomic E-state index is 0. The van der Waals surface area contributed by atoms with Crippen molar-refractivity contribution in [3.63, 3.8) is 0 Å². The fourth-order valence-electron chi connectivity index (χ4n) is 3.11. The highest BCUT2D eigenvalue weighted by Gasteiger charge is 2.17. The molecule has 0 bridgehead atoms. The van der Waals surface area contributed by atoms with Crippen LogP contribution in [0.5, 0.6) is 0 Å². The van der Waals surface area contributed by atoms with E-state index in [9.17, 15) is 4.79 Å². The molecule has 1 aromatic carbocycles. The van der Waals surface area contributed by atoms with Crippen LogP contribution in [-0.4, -0.2) is 50.0 Å². The van der Waals surface area contributed by atoms with E-state index in [0.717, 1.165) is 31.9 Å². The molecule has 0 radical (unpaired) electrons. The molecule has 0 unspecified atom stereocenters. The number of aliphatic imine (C=N–C) groups is 1. The van der Waals surface area contributed by atoms with Crippen molar-refractivity contribution < 1.29 is 9.21 Å². The number of guanidine groups is 1. The molecule has 150 valence electrons. The highest BCUT2D eigenvalue weighted by Crippen LogP contribution is 2.19. The van der Waals surface area contributed by atoms with Crippen molar-refractivity contribution in [1.82, 2.24) is 15.5 Å². The Morgan fingerprint density at radius 3 is 2.46 bits per heavy atom. The van der Waals surface area contributed by atoms with Crippen LogP contribution in [0, 0.1) is 0 Å². The maximum absolute atomic E-state index is 11.8. The number of rotatable bonds is 5. The molecule has 1 aliphatic rings. The summed E-state index contributed by atoms with van der Waals surface area (Å²) in [6.07, 6.45) is 5.85. The highest BCUT2D eigenvalue weighted by atomic mass is 127. The number of piperidine rings is 1. The number of nitrogens with one attached hydrogen (secondary N) is 2. The van der Waals surface area contributed by atoms with Gasteiger partial charge in [-0.25, -0.2) is 0 Å². The molecule has 6 nitrogen and oxygen atoms in total. The average molecular weight is 494 g/mol. The molecular weight excluding hydrogens is 467 g/mol. The number of hydrogen-bond donors (Lipinski definition) is 2. The summed E-state index contributed by atoms with van der Waals surface area (Å²) in [4.78, 5) is 18.5. The zero-order valence-electron chi connectivity index (χ0n) is 16.1. The van der Waals surface area contributed by atoms with Crippen LogP contribution in [0.3, 0.4) is 0 Å². The monoisotopic (exact) mass is 494 g/mol. The van der Waals surface area contributed by atoms with E-state index < -0.39 is 0 Å². The lowest BCUT2D eigenvalue weighted by molar-refractivity contribution is 0.0926. The molecule has 7 heteroatoms. The van der Waals surface area contributed by atoms with E-state index in [-0.39, 0.29) is 29.9 Å². The molecule has 3 rings (SSSR count). The van der Waals surface area contributed by atoms with Gasteiger partial charge in [-0.1, -0.05) is 42.0 Å². The Kier molecular flexibility index (Phi) is 9.06. The lowest BCUT2D eigenvalue weighted by Crippen LogP contribution is -2.46. The summed E-state index contributed by atoms with van der Waals surface area (Å²) in [5.74, 6) is 1.000. The normalized spacial score (nSPS) is 14.2. The fraction of sp³-hybridized carbons (Fsp3) is 0.333. The lowest BCUT2D eigenvalue weighted by atomic mass is 10.0. The van der Waals surface area contributed by atoms with Gasteiger partial charge in [0.1, 0.15) is 0 Å². The highest BCUT2D eigenvalue weighted by molar-refractivity contribution is 14.0. The zero-order valence-corrected chi connectivity index (χ0v) is 18.4. The van der Waals surface area contributed by atoms with Gasteiger partial charge in [-0.05, 0) is 30.5 Å². The predicted molar refractivity (Wildman–Crippen MR) is 123 cm³/mol. The van der Waals surface area contributed by atoms with Crippen molar-refractivity contribution in [3.05, 3.63) is 65.6 Å². The number of nitrogens with zero attached hydrogens (tertiary/aromatic N) is 2. The largest absolute Gasteiger partial charge is 0.459 e. The van der Waals surface area contributed by atoms with Gasteiger partial charge in [0.05, 0.1) is 6.26 Å². The van der Waals surface area contributed by atoms with Gasteiger partial charge in [-0.3, -0.25) is 9.79 Å². The SMILES string of the molecule is CN=C(NCCNC(=O)c1ccco1)N1CCC(=Cc2ccccc2)CC1.I. The van der Waals surface area contributed by atoms with E-state index >= 15 is 0 Å². The van der Waals surface area contributed by atoms with Crippen LogP contribution < -0.4 is 10.6 Å². The van der Waals surface area contributed by atoms with Crippen LogP contribution in [0.15, 0.2) is 63.7 Å². The van der Waals surface area contributed by atoms with Crippen LogP contribution in [0.4, 0.5) is 0 Å². The first-order valence-corrected chi connectivity index (χ1v) is 9.28. The Bertz CT molecular complexity index is 778. The maximum atomic E-state index is 11.8. The predicted octanol–water partition coefficient (Wildman–Crippen LogP) is 3.38. The first kappa shape index (κ1) is 22.0. The Balaban J connectivity index is 0.00000280. The fourth-order valence-corrected chi connectivity index (χ4v) is 3.11. The Morgan fingerprint density at radius 1 is 1.11 bits per heavy atom.